The van der Waals surface area contributed by atoms with Crippen LogP contribution < -0.4 is 24.9 Å². The highest BCUT2D eigenvalue weighted by Gasteiger charge is 2.55. The van der Waals surface area contributed by atoms with Gasteiger partial charge in [0.1, 0.15) is 11.7 Å². The summed E-state index contributed by atoms with van der Waals surface area (Å²) in [5, 5.41) is 7.36. The van der Waals surface area contributed by atoms with Crippen molar-refractivity contribution >= 4 is 29.0 Å². The van der Waals surface area contributed by atoms with Crippen LogP contribution in [0.4, 0.5) is 5.69 Å². The molecule has 0 fully saturated rings. The molecule has 0 radical (unpaired) electrons. The van der Waals surface area contributed by atoms with Gasteiger partial charge in [0.15, 0.2) is 4.80 Å². The number of carbonyl (C=O) groups excluding carboxylic acids is 1. The van der Waals surface area contributed by atoms with E-state index in [1.807, 2.05) is 86.3 Å². The highest BCUT2D eigenvalue weighted by atomic mass is 32.1. The van der Waals surface area contributed by atoms with E-state index in [0.717, 1.165) is 28.9 Å². The van der Waals surface area contributed by atoms with Gasteiger partial charge in [0.25, 0.3) is 5.56 Å². The van der Waals surface area contributed by atoms with Crippen LogP contribution in [-0.2, 0) is 11.3 Å². The second-order valence-corrected chi connectivity index (χ2v) is 10.2. The maximum Gasteiger partial charge on any atom is 0.270 e. The summed E-state index contributed by atoms with van der Waals surface area (Å²) in [4.78, 5) is 33.0. The van der Waals surface area contributed by atoms with Gasteiger partial charge in [-0.05, 0) is 44.5 Å². The molecule has 9 heteroatoms. The van der Waals surface area contributed by atoms with E-state index in [-0.39, 0.29) is 11.5 Å². The second kappa shape index (κ2) is 8.30. The summed E-state index contributed by atoms with van der Waals surface area (Å²) in [7, 11) is 0. The zero-order valence-electron chi connectivity index (χ0n) is 20.1. The van der Waals surface area contributed by atoms with Gasteiger partial charge in [-0.1, -0.05) is 47.7 Å². The number of hydrogen-bond acceptors (Lipinski definition) is 6. The van der Waals surface area contributed by atoms with Crippen LogP contribution in [0.2, 0.25) is 0 Å². The van der Waals surface area contributed by atoms with E-state index in [9.17, 15) is 9.59 Å². The zero-order valence-corrected chi connectivity index (χ0v) is 21.0. The minimum atomic E-state index is -1.17. The molecule has 4 aromatic rings. The van der Waals surface area contributed by atoms with Gasteiger partial charge in [-0.3, -0.25) is 18.8 Å². The zero-order chi connectivity index (χ0) is 25.0. The standard InChI is InChI=1S/C27H25N5O3S/c1-4-31-15-17(14-28-31)13-21-25(34)32-23-18-10-6-8-12-20(18)35-27(3,30-26(32)36-21)22(23)24(33)29-19-11-7-5-9-16(19)2/h5-15,22-23H,4H2,1-3H3,(H,29,33)/b21-13-/t22-,23+,27-/m1/s1. The number of thiazole rings is 1. The number of ether oxygens (including phenoxy) is 1. The Morgan fingerprint density at radius 2 is 2.00 bits per heavy atom. The van der Waals surface area contributed by atoms with Crippen molar-refractivity contribution in [2.75, 3.05) is 5.32 Å². The number of para-hydroxylation sites is 2. The monoisotopic (exact) mass is 499 g/mol. The molecule has 2 bridgehead atoms. The quantitative estimate of drug-likeness (QED) is 0.468. The predicted molar refractivity (Wildman–Crippen MR) is 138 cm³/mol. The molecule has 1 amide bonds. The van der Waals surface area contributed by atoms with Crippen molar-refractivity contribution in [3.05, 3.63) is 97.3 Å². The topological polar surface area (TPSA) is 90.5 Å². The number of fused-ring (bicyclic) bond motifs is 6. The largest absolute Gasteiger partial charge is 0.465 e. The van der Waals surface area contributed by atoms with Crippen LogP contribution in [0.3, 0.4) is 0 Å². The van der Waals surface area contributed by atoms with Crippen LogP contribution in [0, 0.1) is 12.8 Å². The molecule has 6 rings (SSSR count). The summed E-state index contributed by atoms with van der Waals surface area (Å²) in [6.07, 6.45) is 5.46. The molecule has 36 heavy (non-hydrogen) atoms. The number of rotatable bonds is 4. The minimum absolute atomic E-state index is 0.180. The molecule has 1 N–H and O–H groups in total. The molecule has 8 nitrogen and oxygen atoms in total. The van der Waals surface area contributed by atoms with Crippen LogP contribution in [0.5, 0.6) is 5.75 Å². The number of hydrogen-bond donors (Lipinski definition) is 1. The average Bonchev–Trinajstić information content (AvgIpc) is 3.43. The smallest absolute Gasteiger partial charge is 0.270 e. The van der Waals surface area contributed by atoms with Gasteiger partial charge in [-0.2, -0.15) is 5.10 Å². The Balaban J connectivity index is 1.53. The van der Waals surface area contributed by atoms with Crippen LogP contribution in [0.15, 0.2) is 70.7 Å². The van der Waals surface area contributed by atoms with Crippen molar-refractivity contribution in [1.82, 2.24) is 14.3 Å². The molecular weight excluding hydrogens is 474 g/mol. The van der Waals surface area contributed by atoms with E-state index in [1.54, 1.807) is 10.8 Å². The molecular formula is C27H25N5O3S. The summed E-state index contributed by atoms with van der Waals surface area (Å²) >= 11 is 1.30. The fourth-order valence-corrected chi connectivity index (χ4v) is 6.14. The second-order valence-electron chi connectivity index (χ2n) is 9.23. The first-order valence-corrected chi connectivity index (χ1v) is 12.7. The molecule has 2 aliphatic rings. The number of nitrogens with one attached hydrogen (secondary N) is 1. The maximum atomic E-state index is 13.8. The van der Waals surface area contributed by atoms with Gasteiger partial charge in [0.2, 0.25) is 11.6 Å². The molecule has 182 valence electrons. The normalized spacial score (nSPS) is 22.2. The van der Waals surface area contributed by atoms with E-state index < -0.39 is 17.7 Å². The van der Waals surface area contributed by atoms with Crippen molar-refractivity contribution in [2.45, 2.75) is 39.1 Å². The van der Waals surface area contributed by atoms with E-state index in [1.165, 1.54) is 11.3 Å². The Bertz CT molecular complexity index is 1680. The predicted octanol–water partition coefficient (Wildman–Crippen LogP) is 2.85. The average molecular weight is 500 g/mol. The molecule has 0 aliphatic carbocycles. The first kappa shape index (κ1) is 22.5. The molecule has 2 aromatic heterocycles. The molecule has 0 spiro atoms. The van der Waals surface area contributed by atoms with E-state index in [0.29, 0.717) is 15.1 Å². The molecule has 0 saturated carbocycles. The molecule has 3 atom stereocenters. The number of amides is 1. The van der Waals surface area contributed by atoms with E-state index >= 15 is 0 Å². The van der Waals surface area contributed by atoms with Crippen molar-refractivity contribution < 1.29 is 9.53 Å². The Morgan fingerprint density at radius 3 is 2.78 bits per heavy atom. The lowest BCUT2D eigenvalue weighted by atomic mass is 9.80. The van der Waals surface area contributed by atoms with Gasteiger partial charge in [0, 0.05) is 29.6 Å². The third kappa shape index (κ3) is 3.50. The minimum Gasteiger partial charge on any atom is -0.465 e. The molecule has 4 heterocycles. The Labute approximate surface area is 211 Å². The first-order chi connectivity index (χ1) is 17.4. The SMILES string of the molecule is CCn1cc(/C=c2\sc3n(c2=O)[C@H]2c4ccccc4O[C@@](C)(N=3)[C@H]2C(=O)Nc2ccccc2C)cn1. The highest BCUT2D eigenvalue weighted by molar-refractivity contribution is 7.07. The maximum absolute atomic E-state index is 13.8. The van der Waals surface area contributed by atoms with Crippen molar-refractivity contribution in [3.8, 4) is 5.75 Å². The van der Waals surface area contributed by atoms with Crippen molar-refractivity contribution in [2.24, 2.45) is 10.9 Å². The van der Waals surface area contributed by atoms with Crippen LogP contribution in [-0.4, -0.2) is 26.0 Å². The number of aromatic nitrogens is 3. The van der Waals surface area contributed by atoms with Crippen LogP contribution >= 0.6 is 11.3 Å². The van der Waals surface area contributed by atoms with Crippen molar-refractivity contribution in [1.29, 1.82) is 0 Å². The van der Waals surface area contributed by atoms with Gasteiger partial charge >= 0.3 is 0 Å². The number of carbonyl (C=O) groups is 1. The number of benzene rings is 2. The molecule has 0 saturated heterocycles. The fourth-order valence-electron chi connectivity index (χ4n) is 5.05. The Kier molecular flexibility index (Phi) is 5.19. The van der Waals surface area contributed by atoms with Crippen LogP contribution in [0.25, 0.3) is 6.08 Å². The summed E-state index contributed by atoms with van der Waals surface area (Å²) < 4.78 is 10.4. The lowest BCUT2D eigenvalue weighted by molar-refractivity contribution is -0.131. The Hall–Kier alpha value is -3.98. The molecule has 2 aromatic carbocycles. The number of aryl methyl sites for hydroxylation is 2. The van der Waals surface area contributed by atoms with Crippen LogP contribution in [0.1, 0.15) is 36.6 Å². The Morgan fingerprint density at radius 1 is 1.22 bits per heavy atom. The lowest BCUT2D eigenvalue weighted by Gasteiger charge is -2.45. The van der Waals surface area contributed by atoms with Gasteiger partial charge in [-0.15, -0.1) is 0 Å². The highest BCUT2D eigenvalue weighted by Crippen LogP contribution is 2.47. The summed E-state index contributed by atoms with van der Waals surface area (Å²) in [6, 6.07) is 14.6. The first-order valence-electron chi connectivity index (χ1n) is 11.9. The van der Waals surface area contributed by atoms with Gasteiger partial charge < -0.3 is 10.1 Å². The number of nitrogens with zero attached hydrogens (tertiary/aromatic N) is 4. The third-order valence-corrected chi connectivity index (χ3v) is 7.82. The van der Waals surface area contributed by atoms with E-state index in [2.05, 4.69) is 10.4 Å². The van der Waals surface area contributed by atoms with Gasteiger partial charge in [-0.25, -0.2) is 4.99 Å². The van der Waals surface area contributed by atoms with Gasteiger partial charge in [0.05, 0.1) is 16.8 Å². The third-order valence-electron chi connectivity index (χ3n) is 6.84. The molecule has 2 aliphatic heterocycles. The van der Waals surface area contributed by atoms with E-state index in [4.69, 9.17) is 9.73 Å². The summed E-state index contributed by atoms with van der Waals surface area (Å²) in [5.74, 6) is -0.358. The summed E-state index contributed by atoms with van der Waals surface area (Å²) in [5.41, 5.74) is 1.96. The fraction of sp³-hybridized carbons (Fsp3) is 0.259. The number of anilines is 1. The molecule has 0 unspecified atom stereocenters. The summed E-state index contributed by atoms with van der Waals surface area (Å²) in [6.45, 7) is 6.52. The lowest BCUT2D eigenvalue weighted by Crippen LogP contribution is -2.59. The van der Waals surface area contributed by atoms with Crippen molar-refractivity contribution in [3.63, 3.8) is 0 Å².